The van der Waals surface area contributed by atoms with E-state index in [1.54, 1.807) is 0 Å². The van der Waals surface area contributed by atoms with Crippen molar-refractivity contribution in [2.24, 2.45) is 0 Å². The number of rotatable bonds is 2. The molecule has 4 nitrogen and oxygen atoms in total. The minimum absolute atomic E-state index is 0. The molecule has 0 saturated carbocycles. The smallest absolute Gasteiger partial charge is 0.267 e. The molecule has 0 bridgehead atoms. The second kappa shape index (κ2) is 3.76. The molecule has 0 saturated heterocycles. The number of hydrogen-bond acceptors (Lipinski definition) is 3. The fourth-order valence-electron chi connectivity index (χ4n) is 0.115. The van der Waals surface area contributed by atoms with Gasteiger partial charge < -0.3 is 5.11 Å². The quantitative estimate of drug-likeness (QED) is 0.491. The summed E-state index contributed by atoms with van der Waals surface area (Å²) in [4.78, 5) is 0. The fraction of sp³-hybridized carbons (Fsp3) is 1.00. The first kappa shape index (κ1) is 10.7. The molecule has 52 valence electrons. The lowest BCUT2D eigenvalue weighted by atomic mass is 10.9. The molecule has 0 radical (unpaired) electrons. The van der Waals surface area contributed by atoms with Gasteiger partial charge in [-0.25, -0.2) is 0 Å². The number of halogens is 1. The van der Waals surface area contributed by atoms with Crippen LogP contribution in [0.1, 0.15) is 0 Å². The van der Waals surface area contributed by atoms with Gasteiger partial charge in [0.2, 0.25) is 0 Å². The van der Waals surface area contributed by atoms with Gasteiger partial charge in [-0.2, -0.15) is 8.42 Å². The SMILES string of the molecule is F.O=S(=O)(O)CCO. The van der Waals surface area contributed by atoms with E-state index in [2.05, 4.69) is 0 Å². The second-order valence-corrected chi connectivity index (χ2v) is 2.58. The van der Waals surface area contributed by atoms with Crippen LogP contribution < -0.4 is 0 Å². The summed E-state index contributed by atoms with van der Waals surface area (Å²) in [6, 6.07) is 0. The highest BCUT2D eigenvalue weighted by atomic mass is 32.2. The molecule has 2 N–H and O–H groups in total. The molecule has 0 aromatic carbocycles. The van der Waals surface area contributed by atoms with Crippen LogP contribution in [0.3, 0.4) is 0 Å². The minimum Gasteiger partial charge on any atom is -0.395 e. The molecule has 8 heavy (non-hydrogen) atoms. The van der Waals surface area contributed by atoms with Gasteiger partial charge in [0.05, 0.1) is 12.4 Å². The Balaban J connectivity index is 0. The van der Waals surface area contributed by atoms with Crippen LogP contribution in [0.4, 0.5) is 4.70 Å². The molecule has 6 heteroatoms. The summed E-state index contributed by atoms with van der Waals surface area (Å²) in [5, 5.41) is 7.86. The van der Waals surface area contributed by atoms with Crippen molar-refractivity contribution in [2.75, 3.05) is 12.4 Å². The van der Waals surface area contributed by atoms with Crippen LogP contribution >= 0.6 is 0 Å². The molecule has 0 fully saturated rings. The maximum atomic E-state index is 9.63. The van der Waals surface area contributed by atoms with Crippen LogP contribution in [-0.2, 0) is 10.1 Å². The molecule has 0 heterocycles. The zero-order chi connectivity index (χ0) is 5.91. The van der Waals surface area contributed by atoms with Crippen LogP contribution in [0.5, 0.6) is 0 Å². The van der Waals surface area contributed by atoms with E-state index in [1.165, 1.54) is 0 Å². The van der Waals surface area contributed by atoms with Gasteiger partial charge in [0.1, 0.15) is 0 Å². The Morgan fingerprint density at radius 3 is 1.75 bits per heavy atom. The Hall–Kier alpha value is -0.200. The van der Waals surface area contributed by atoms with E-state index in [4.69, 9.17) is 9.66 Å². The lowest BCUT2D eigenvalue weighted by Crippen LogP contribution is -2.06. The fourth-order valence-corrected chi connectivity index (χ4v) is 0.346. The monoisotopic (exact) mass is 146 g/mol. The van der Waals surface area contributed by atoms with Gasteiger partial charge >= 0.3 is 0 Å². The summed E-state index contributed by atoms with van der Waals surface area (Å²) in [5.74, 6) is -0.576. The average Bonchev–Trinajstić information content (AvgIpc) is 1.30. The molecule has 0 aromatic rings. The van der Waals surface area contributed by atoms with Crippen LogP contribution in [0.2, 0.25) is 0 Å². The van der Waals surface area contributed by atoms with Gasteiger partial charge in [-0.3, -0.25) is 9.26 Å². The van der Waals surface area contributed by atoms with E-state index in [1.807, 2.05) is 0 Å². The third-order valence-corrected chi connectivity index (χ3v) is 1.05. The van der Waals surface area contributed by atoms with E-state index in [9.17, 15) is 8.42 Å². The van der Waals surface area contributed by atoms with E-state index in [0.717, 1.165) is 0 Å². The van der Waals surface area contributed by atoms with E-state index in [0.29, 0.717) is 0 Å². The maximum Gasteiger partial charge on any atom is 0.267 e. The predicted octanol–water partition coefficient (Wildman–Crippen LogP) is -0.981. The Kier molecular flexibility index (Phi) is 5.04. The lowest BCUT2D eigenvalue weighted by molar-refractivity contribution is 0.315. The number of aliphatic hydroxyl groups excluding tert-OH is 1. The normalized spacial score (nSPS) is 10.2. The zero-order valence-electron chi connectivity index (χ0n) is 3.94. The van der Waals surface area contributed by atoms with Crippen LogP contribution in [-0.4, -0.2) is 30.4 Å². The van der Waals surface area contributed by atoms with E-state index < -0.39 is 22.5 Å². The summed E-state index contributed by atoms with van der Waals surface area (Å²) in [7, 11) is -3.92. The molecule has 0 spiro atoms. The van der Waals surface area contributed by atoms with Gasteiger partial charge in [0.25, 0.3) is 10.1 Å². The molecular weight excluding hydrogens is 139 g/mol. The third-order valence-electron chi connectivity index (χ3n) is 0.349. The second-order valence-electron chi connectivity index (χ2n) is 1.01. The molecule has 0 aliphatic heterocycles. The van der Waals surface area contributed by atoms with Crippen LogP contribution in [0, 0.1) is 0 Å². The largest absolute Gasteiger partial charge is 0.395 e. The number of aliphatic hydroxyl groups is 1. The first-order chi connectivity index (χ1) is 3.06. The molecular formula is C2H7FO4S. The average molecular weight is 146 g/mol. The zero-order valence-corrected chi connectivity index (χ0v) is 4.76. The third kappa shape index (κ3) is 9.25. The van der Waals surface area contributed by atoms with Gasteiger partial charge in [0, 0.05) is 0 Å². The van der Waals surface area contributed by atoms with Gasteiger partial charge in [-0.1, -0.05) is 0 Å². The van der Waals surface area contributed by atoms with Crippen molar-refractivity contribution in [2.45, 2.75) is 0 Å². The van der Waals surface area contributed by atoms with Gasteiger partial charge in [-0.05, 0) is 0 Å². The first-order valence-electron chi connectivity index (χ1n) is 1.62. The first-order valence-corrected chi connectivity index (χ1v) is 3.23. The van der Waals surface area contributed by atoms with Crippen molar-refractivity contribution in [3.8, 4) is 0 Å². The van der Waals surface area contributed by atoms with Crippen LogP contribution in [0.25, 0.3) is 0 Å². The van der Waals surface area contributed by atoms with Gasteiger partial charge in [0.15, 0.2) is 0 Å². The molecule has 0 rings (SSSR count). The highest BCUT2D eigenvalue weighted by Crippen LogP contribution is 1.75. The van der Waals surface area contributed by atoms with E-state index >= 15 is 0 Å². The van der Waals surface area contributed by atoms with Crippen molar-refractivity contribution in [3.63, 3.8) is 0 Å². The van der Waals surface area contributed by atoms with Crippen LogP contribution in [0.15, 0.2) is 0 Å². The lowest BCUT2D eigenvalue weighted by Gasteiger charge is -1.85. The van der Waals surface area contributed by atoms with Crippen molar-refractivity contribution in [3.05, 3.63) is 0 Å². The molecule has 0 atom stereocenters. The Bertz CT molecular complexity index is 127. The van der Waals surface area contributed by atoms with Gasteiger partial charge in [-0.15, -0.1) is 0 Å². The standard InChI is InChI=1S/C2H6O4S.FH/c3-1-2-7(4,5)6;/h3H,1-2H2,(H,4,5,6);1H. The Morgan fingerprint density at radius 1 is 1.38 bits per heavy atom. The van der Waals surface area contributed by atoms with Crippen molar-refractivity contribution < 1.29 is 22.8 Å². The summed E-state index contributed by atoms with van der Waals surface area (Å²) in [6.45, 7) is -0.529. The predicted molar refractivity (Wildman–Crippen MR) is 26.0 cm³/mol. The highest BCUT2D eigenvalue weighted by Gasteiger charge is 1.99. The van der Waals surface area contributed by atoms with Crippen molar-refractivity contribution in [1.82, 2.24) is 0 Å². The molecule has 0 amide bonds. The number of hydrogen-bond donors (Lipinski definition) is 2. The Morgan fingerprint density at radius 2 is 1.75 bits per heavy atom. The van der Waals surface area contributed by atoms with Crippen molar-refractivity contribution >= 4 is 10.1 Å². The van der Waals surface area contributed by atoms with E-state index in [-0.39, 0.29) is 4.70 Å². The molecule has 0 aliphatic carbocycles. The molecule has 0 aromatic heterocycles. The highest BCUT2D eigenvalue weighted by molar-refractivity contribution is 7.85. The Labute approximate surface area is 46.3 Å². The summed E-state index contributed by atoms with van der Waals surface area (Å²) < 4.78 is 27.1. The summed E-state index contributed by atoms with van der Waals surface area (Å²) >= 11 is 0. The molecule has 0 aliphatic rings. The topological polar surface area (TPSA) is 74.6 Å². The minimum atomic E-state index is -3.92. The van der Waals surface area contributed by atoms with Crippen molar-refractivity contribution in [1.29, 1.82) is 0 Å². The maximum absolute atomic E-state index is 9.63. The summed E-state index contributed by atoms with van der Waals surface area (Å²) in [5.41, 5.74) is 0. The molecule has 0 unspecified atom stereocenters. The summed E-state index contributed by atoms with van der Waals surface area (Å²) in [6.07, 6.45) is 0.